The van der Waals surface area contributed by atoms with E-state index < -0.39 is 0 Å². The van der Waals surface area contributed by atoms with Crippen LogP contribution in [0.3, 0.4) is 0 Å². The Morgan fingerprint density at radius 2 is 2.25 bits per heavy atom. The lowest BCUT2D eigenvalue weighted by Gasteiger charge is -2.30. The fourth-order valence-electron chi connectivity index (χ4n) is 2.27. The molecule has 0 amide bonds. The van der Waals surface area contributed by atoms with E-state index in [0.717, 1.165) is 25.0 Å². The topological polar surface area (TPSA) is 58.3 Å². The van der Waals surface area contributed by atoms with Crippen LogP contribution >= 0.6 is 0 Å². The lowest BCUT2D eigenvalue weighted by Crippen LogP contribution is -2.43. The highest BCUT2D eigenvalue weighted by atomic mass is 16.4. The van der Waals surface area contributed by atoms with Gasteiger partial charge in [0.05, 0.1) is 18.3 Å². The molecule has 1 heterocycles. The molecule has 0 bridgehead atoms. The normalized spacial score (nSPS) is 27.9. The van der Waals surface area contributed by atoms with Gasteiger partial charge >= 0.3 is 0 Å². The van der Waals surface area contributed by atoms with Crippen molar-refractivity contribution < 1.29 is 9.52 Å². The monoisotopic (exact) mass is 224 g/mol. The van der Waals surface area contributed by atoms with Gasteiger partial charge in [0.2, 0.25) is 5.89 Å². The van der Waals surface area contributed by atoms with Crippen molar-refractivity contribution in [1.29, 1.82) is 0 Å². The fraction of sp³-hybridized carbons (Fsp3) is 0.750. The molecule has 1 aromatic rings. The smallest absolute Gasteiger partial charge is 0.211 e. The third-order valence-corrected chi connectivity index (χ3v) is 3.20. The molecule has 2 rings (SSSR count). The molecule has 1 aliphatic carbocycles. The molecule has 4 heteroatoms. The molecule has 1 fully saturated rings. The van der Waals surface area contributed by atoms with Crippen LogP contribution in [-0.2, 0) is 0 Å². The average molecular weight is 224 g/mol. The molecule has 16 heavy (non-hydrogen) atoms. The molecule has 0 aromatic carbocycles. The Balaban J connectivity index is 1.93. The molecule has 1 unspecified atom stereocenters. The van der Waals surface area contributed by atoms with Crippen molar-refractivity contribution >= 4 is 0 Å². The third kappa shape index (κ3) is 2.62. The van der Waals surface area contributed by atoms with E-state index in [0.29, 0.717) is 5.89 Å². The van der Waals surface area contributed by atoms with E-state index in [-0.39, 0.29) is 18.2 Å². The number of aryl methyl sites for hydroxylation is 1. The molecule has 1 aromatic heterocycles. The van der Waals surface area contributed by atoms with Crippen LogP contribution in [0.5, 0.6) is 0 Å². The van der Waals surface area contributed by atoms with Gasteiger partial charge in [-0.1, -0.05) is 12.8 Å². The highest BCUT2D eigenvalue weighted by Crippen LogP contribution is 2.21. The summed E-state index contributed by atoms with van der Waals surface area (Å²) in [5.41, 5.74) is 0. The van der Waals surface area contributed by atoms with Crippen LogP contribution in [0.1, 0.15) is 50.3 Å². The summed E-state index contributed by atoms with van der Waals surface area (Å²) in [5, 5.41) is 13.2. The Morgan fingerprint density at radius 1 is 1.50 bits per heavy atom. The minimum Gasteiger partial charge on any atom is -0.444 e. The molecule has 4 nitrogen and oxygen atoms in total. The second kappa shape index (κ2) is 4.97. The maximum absolute atomic E-state index is 9.86. The van der Waals surface area contributed by atoms with E-state index in [1.807, 2.05) is 13.8 Å². The molecule has 0 radical (unpaired) electrons. The van der Waals surface area contributed by atoms with Crippen LogP contribution in [0.25, 0.3) is 0 Å². The third-order valence-electron chi connectivity index (χ3n) is 3.20. The van der Waals surface area contributed by atoms with E-state index in [1.165, 1.54) is 6.42 Å². The zero-order valence-corrected chi connectivity index (χ0v) is 9.94. The molecular weight excluding hydrogens is 204 g/mol. The summed E-state index contributed by atoms with van der Waals surface area (Å²) in [5.74, 6) is 1.53. The average Bonchev–Trinajstić information content (AvgIpc) is 2.68. The van der Waals surface area contributed by atoms with Gasteiger partial charge in [0.15, 0.2) is 0 Å². The van der Waals surface area contributed by atoms with Crippen molar-refractivity contribution in [2.24, 2.45) is 0 Å². The van der Waals surface area contributed by atoms with Gasteiger partial charge in [-0.3, -0.25) is 0 Å². The number of aliphatic hydroxyl groups is 1. The van der Waals surface area contributed by atoms with Crippen LogP contribution in [0.4, 0.5) is 0 Å². The molecule has 1 aliphatic rings. The quantitative estimate of drug-likeness (QED) is 0.823. The minimum atomic E-state index is -0.229. The lowest BCUT2D eigenvalue weighted by molar-refractivity contribution is 0.0840. The first-order valence-corrected chi connectivity index (χ1v) is 6.03. The largest absolute Gasteiger partial charge is 0.444 e. The summed E-state index contributed by atoms with van der Waals surface area (Å²) in [6.07, 6.45) is 5.75. The Labute approximate surface area is 96.1 Å². The summed E-state index contributed by atoms with van der Waals surface area (Å²) in [6.45, 7) is 3.91. The van der Waals surface area contributed by atoms with E-state index in [1.54, 1.807) is 6.20 Å². The summed E-state index contributed by atoms with van der Waals surface area (Å²) in [7, 11) is 0. The molecular formula is C12H20N2O2. The molecule has 0 saturated heterocycles. The van der Waals surface area contributed by atoms with Gasteiger partial charge in [-0.15, -0.1) is 0 Å². The van der Waals surface area contributed by atoms with E-state index >= 15 is 0 Å². The molecule has 2 N–H and O–H groups in total. The standard InChI is InChI=1S/C12H20N2O2/c1-8-7-13-12(16-8)9(2)14-10-5-3-4-6-11(10)15/h7,9-11,14-15H,3-6H2,1-2H3/t9?,10-,11-/m0/s1. The Morgan fingerprint density at radius 3 is 2.88 bits per heavy atom. The molecule has 1 saturated carbocycles. The summed E-state index contributed by atoms with van der Waals surface area (Å²) >= 11 is 0. The van der Waals surface area contributed by atoms with Gasteiger partial charge in [0.1, 0.15) is 5.76 Å². The maximum atomic E-state index is 9.86. The highest BCUT2D eigenvalue weighted by molar-refractivity contribution is 4.96. The summed E-state index contributed by atoms with van der Waals surface area (Å²) in [6, 6.07) is 0.238. The molecule has 3 atom stereocenters. The first-order valence-electron chi connectivity index (χ1n) is 6.03. The Kier molecular flexibility index (Phi) is 3.61. The van der Waals surface area contributed by atoms with Crippen LogP contribution in [-0.4, -0.2) is 22.2 Å². The van der Waals surface area contributed by atoms with Gasteiger partial charge < -0.3 is 14.8 Å². The number of nitrogens with one attached hydrogen (secondary N) is 1. The maximum Gasteiger partial charge on any atom is 0.211 e. The first kappa shape index (κ1) is 11.6. The van der Waals surface area contributed by atoms with Crippen LogP contribution in [0, 0.1) is 6.92 Å². The number of oxazole rings is 1. The zero-order valence-electron chi connectivity index (χ0n) is 9.94. The van der Waals surface area contributed by atoms with Crippen molar-refractivity contribution in [2.75, 3.05) is 0 Å². The molecule has 0 spiro atoms. The van der Waals surface area contributed by atoms with E-state index in [4.69, 9.17) is 4.42 Å². The van der Waals surface area contributed by atoms with Gasteiger partial charge in [0.25, 0.3) is 0 Å². The zero-order chi connectivity index (χ0) is 11.5. The van der Waals surface area contributed by atoms with Crippen molar-refractivity contribution in [2.45, 2.75) is 57.7 Å². The second-order valence-corrected chi connectivity index (χ2v) is 4.66. The van der Waals surface area contributed by atoms with Crippen LogP contribution < -0.4 is 5.32 Å². The summed E-state index contributed by atoms with van der Waals surface area (Å²) < 4.78 is 5.47. The van der Waals surface area contributed by atoms with Gasteiger partial charge in [-0.2, -0.15) is 0 Å². The summed E-state index contributed by atoms with van der Waals surface area (Å²) in [4.78, 5) is 4.20. The number of aliphatic hydroxyl groups excluding tert-OH is 1. The number of hydrogen-bond acceptors (Lipinski definition) is 4. The van der Waals surface area contributed by atoms with Crippen LogP contribution in [0.2, 0.25) is 0 Å². The Hall–Kier alpha value is -0.870. The molecule has 90 valence electrons. The number of hydrogen-bond donors (Lipinski definition) is 2. The van der Waals surface area contributed by atoms with Crippen molar-refractivity contribution in [3.05, 3.63) is 17.8 Å². The second-order valence-electron chi connectivity index (χ2n) is 4.66. The van der Waals surface area contributed by atoms with Gasteiger partial charge in [-0.25, -0.2) is 4.98 Å². The SMILES string of the molecule is Cc1cnc(C(C)N[C@H]2CCCC[C@@H]2O)o1. The predicted molar refractivity (Wildman–Crippen MR) is 61.1 cm³/mol. The predicted octanol–water partition coefficient (Wildman–Crippen LogP) is 1.94. The van der Waals surface area contributed by atoms with Crippen LogP contribution in [0.15, 0.2) is 10.6 Å². The van der Waals surface area contributed by atoms with Crippen molar-refractivity contribution in [3.8, 4) is 0 Å². The van der Waals surface area contributed by atoms with Crippen molar-refractivity contribution in [3.63, 3.8) is 0 Å². The number of aromatic nitrogens is 1. The van der Waals surface area contributed by atoms with Crippen molar-refractivity contribution in [1.82, 2.24) is 10.3 Å². The highest BCUT2D eigenvalue weighted by Gasteiger charge is 2.25. The van der Waals surface area contributed by atoms with E-state index in [2.05, 4.69) is 10.3 Å². The minimum absolute atomic E-state index is 0.0615. The molecule has 0 aliphatic heterocycles. The number of rotatable bonds is 3. The Bertz CT molecular complexity index is 338. The number of nitrogens with zero attached hydrogens (tertiary/aromatic N) is 1. The first-order chi connectivity index (χ1) is 7.66. The van der Waals surface area contributed by atoms with Gasteiger partial charge in [-0.05, 0) is 26.7 Å². The van der Waals surface area contributed by atoms with E-state index in [9.17, 15) is 5.11 Å². The lowest BCUT2D eigenvalue weighted by atomic mass is 9.92. The van der Waals surface area contributed by atoms with Gasteiger partial charge in [0, 0.05) is 6.04 Å². The fourth-order valence-corrected chi connectivity index (χ4v) is 2.27.